The van der Waals surface area contributed by atoms with Crippen LogP contribution in [-0.2, 0) is 10.2 Å². The molecule has 2 aliphatic heterocycles. The van der Waals surface area contributed by atoms with E-state index in [1.165, 1.54) is 0 Å². The van der Waals surface area contributed by atoms with Gasteiger partial charge in [-0.1, -0.05) is 6.92 Å². The van der Waals surface area contributed by atoms with Crippen LogP contribution in [-0.4, -0.2) is 55.3 Å². The minimum Gasteiger partial charge on any atom is -0.311 e. The summed E-state index contributed by atoms with van der Waals surface area (Å²) in [6, 6.07) is 0.247. The number of piperidine rings is 1. The summed E-state index contributed by atoms with van der Waals surface area (Å²) in [7, 11) is -3.27. The summed E-state index contributed by atoms with van der Waals surface area (Å²) in [5.74, 6) is 0.476. The summed E-state index contributed by atoms with van der Waals surface area (Å²) in [6.45, 7) is 8.84. The average Bonchev–Trinajstić information content (AvgIpc) is 2.32. The Kier molecular flexibility index (Phi) is 4.31. The van der Waals surface area contributed by atoms with Gasteiger partial charge in [-0.05, 0) is 32.6 Å². The minimum absolute atomic E-state index is 0.0287. The average molecular weight is 275 g/mol. The molecule has 2 heterocycles. The van der Waals surface area contributed by atoms with Gasteiger partial charge in [0.1, 0.15) is 0 Å². The van der Waals surface area contributed by atoms with Crippen LogP contribution in [0.1, 0.15) is 33.6 Å². The Morgan fingerprint density at radius 3 is 2.56 bits per heavy atom. The van der Waals surface area contributed by atoms with Gasteiger partial charge in [-0.2, -0.15) is 17.0 Å². The quantitative estimate of drug-likeness (QED) is 0.805. The Balaban J connectivity index is 2.14. The van der Waals surface area contributed by atoms with Gasteiger partial charge < -0.3 is 5.32 Å². The molecule has 0 saturated carbocycles. The summed E-state index contributed by atoms with van der Waals surface area (Å²) >= 11 is 0. The van der Waals surface area contributed by atoms with Crippen molar-refractivity contribution in [1.29, 1.82) is 0 Å². The summed E-state index contributed by atoms with van der Waals surface area (Å²) in [5.41, 5.74) is 0. The van der Waals surface area contributed by atoms with E-state index in [9.17, 15) is 8.42 Å². The van der Waals surface area contributed by atoms with E-state index in [-0.39, 0.29) is 12.1 Å². The maximum absolute atomic E-state index is 12.7. The maximum Gasteiger partial charge on any atom is 0.282 e. The maximum atomic E-state index is 12.7. The number of piperazine rings is 1. The van der Waals surface area contributed by atoms with Gasteiger partial charge in [0.2, 0.25) is 0 Å². The predicted octanol–water partition coefficient (Wildman–Crippen LogP) is 0.645. The lowest BCUT2D eigenvalue weighted by Gasteiger charge is -2.41. The van der Waals surface area contributed by atoms with Crippen molar-refractivity contribution >= 4 is 10.2 Å². The van der Waals surface area contributed by atoms with Gasteiger partial charge in [-0.25, -0.2) is 0 Å². The molecule has 0 spiro atoms. The third-order valence-electron chi connectivity index (χ3n) is 4.22. The molecule has 0 aromatic carbocycles. The molecule has 2 rings (SSSR count). The lowest BCUT2D eigenvalue weighted by atomic mass is 10.0. The number of hydrogen-bond donors (Lipinski definition) is 1. The highest BCUT2D eigenvalue weighted by Gasteiger charge is 2.38. The van der Waals surface area contributed by atoms with Crippen LogP contribution < -0.4 is 5.32 Å². The monoisotopic (exact) mass is 275 g/mol. The predicted molar refractivity (Wildman–Crippen MR) is 72.5 cm³/mol. The van der Waals surface area contributed by atoms with E-state index in [4.69, 9.17) is 0 Å². The van der Waals surface area contributed by atoms with Gasteiger partial charge >= 0.3 is 0 Å². The Labute approximate surface area is 111 Å². The third-order valence-corrected chi connectivity index (χ3v) is 6.31. The second-order valence-corrected chi connectivity index (χ2v) is 7.59. The molecule has 0 aliphatic carbocycles. The molecule has 0 bridgehead atoms. The zero-order valence-corrected chi connectivity index (χ0v) is 12.4. The second-order valence-electron chi connectivity index (χ2n) is 5.71. The van der Waals surface area contributed by atoms with Crippen LogP contribution in [0.5, 0.6) is 0 Å². The van der Waals surface area contributed by atoms with Crippen molar-refractivity contribution < 1.29 is 8.42 Å². The normalized spacial score (nSPS) is 36.7. The van der Waals surface area contributed by atoms with Crippen molar-refractivity contribution in [3.8, 4) is 0 Å². The van der Waals surface area contributed by atoms with Crippen molar-refractivity contribution in [3.05, 3.63) is 0 Å². The Morgan fingerprint density at radius 2 is 1.89 bits per heavy atom. The molecule has 3 atom stereocenters. The standard InChI is InChI=1S/C12H25N3O2S/c1-10-5-4-7-14(9-10)18(16,17)15-8-6-13-11(2)12(15)3/h10-13H,4-9H2,1-3H3. The number of nitrogens with one attached hydrogen (secondary N) is 1. The largest absolute Gasteiger partial charge is 0.311 e. The van der Waals surface area contributed by atoms with Gasteiger partial charge in [0.15, 0.2) is 0 Å². The summed E-state index contributed by atoms with van der Waals surface area (Å²) in [5, 5.41) is 3.32. The molecule has 5 nitrogen and oxygen atoms in total. The van der Waals surface area contributed by atoms with Crippen LogP contribution >= 0.6 is 0 Å². The fourth-order valence-electron chi connectivity index (χ4n) is 2.86. The van der Waals surface area contributed by atoms with Crippen molar-refractivity contribution in [2.45, 2.75) is 45.7 Å². The molecule has 3 unspecified atom stereocenters. The second kappa shape index (κ2) is 5.45. The molecule has 1 N–H and O–H groups in total. The van der Waals surface area contributed by atoms with Crippen molar-refractivity contribution in [2.24, 2.45) is 5.92 Å². The molecular formula is C12H25N3O2S. The van der Waals surface area contributed by atoms with Crippen LogP contribution in [0.2, 0.25) is 0 Å². The fraction of sp³-hybridized carbons (Fsp3) is 1.00. The lowest BCUT2D eigenvalue weighted by molar-refractivity contribution is 0.200. The molecule has 0 amide bonds. The van der Waals surface area contributed by atoms with Crippen LogP contribution in [0, 0.1) is 5.92 Å². The SMILES string of the molecule is CC1CCCN(S(=O)(=O)N2CCNC(C)C2C)C1. The summed E-state index contributed by atoms with van der Waals surface area (Å²) in [6.07, 6.45) is 2.12. The Bertz CT molecular complexity index is 385. The Morgan fingerprint density at radius 1 is 1.17 bits per heavy atom. The van der Waals surface area contributed by atoms with E-state index in [1.54, 1.807) is 8.61 Å². The van der Waals surface area contributed by atoms with Gasteiger partial charge in [0.05, 0.1) is 0 Å². The molecule has 18 heavy (non-hydrogen) atoms. The highest BCUT2D eigenvalue weighted by atomic mass is 32.2. The molecule has 0 aromatic rings. The van der Waals surface area contributed by atoms with Crippen LogP contribution in [0.15, 0.2) is 0 Å². The highest BCUT2D eigenvalue weighted by molar-refractivity contribution is 7.86. The molecule has 2 saturated heterocycles. The first-order chi connectivity index (χ1) is 8.43. The van der Waals surface area contributed by atoms with Gasteiger partial charge in [0, 0.05) is 38.3 Å². The zero-order valence-electron chi connectivity index (χ0n) is 11.6. The summed E-state index contributed by atoms with van der Waals surface area (Å²) < 4.78 is 28.7. The number of nitrogens with zero attached hydrogens (tertiary/aromatic N) is 2. The van der Waals surface area contributed by atoms with E-state index in [0.29, 0.717) is 25.6 Å². The molecular weight excluding hydrogens is 250 g/mol. The lowest BCUT2D eigenvalue weighted by Crippen LogP contribution is -2.60. The Hall–Kier alpha value is -0.170. The van der Waals surface area contributed by atoms with Crippen LogP contribution in [0.25, 0.3) is 0 Å². The number of rotatable bonds is 2. The van der Waals surface area contributed by atoms with E-state index in [2.05, 4.69) is 12.2 Å². The molecule has 0 radical (unpaired) electrons. The molecule has 6 heteroatoms. The van der Waals surface area contributed by atoms with Crippen molar-refractivity contribution in [2.75, 3.05) is 26.2 Å². The first kappa shape index (κ1) is 14.2. The van der Waals surface area contributed by atoms with Gasteiger partial charge in [-0.15, -0.1) is 0 Å². The molecule has 2 aliphatic rings. The van der Waals surface area contributed by atoms with E-state index < -0.39 is 10.2 Å². The fourth-order valence-corrected chi connectivity index (χ4v) is 4.88. The van der Waals surface area contributed by atoms with Crippen molar-refractivity contribution in [3.63, 3.8) is 0 Å². The smallest absolute Gasteiger partial charge is 0.282 e. The van der Waals surface area contributed by atoms with E-state index in [0.717, 1.165) is 19.4 Å². The number of hydrogen-bond acceptors (Lipinski definition) is 3. The topological polar surface area (TPSA) is 52.7 Å². The zero-order chi connectivity index (χ0) is 13.3. The van der Waals surface area contributed by atoms with E-state index >= 15 is 0 Å². The van der Waals surface area contributed by atoms with E-state index in [1.807, 2.05) is 13.8 Å². The summed E-state index contributed by atoms with van der Waals surface area (Å²) in [4.78, 5) is 0. The van der Waals surface area contributed by atoms with Crippen LogP contribution in [0.4, 0.5) is 0 Å². The van der Waals surface area contributed by atoms with Gasteiger partial charge in [-0.3, -0.25) is 0 Å². The van der Waals surface area contributed by atoms with Crippen molar-refractivity contribution in [1.82, 2.24) is 13.9 Å². The molecule has 2 fully saturated rings. The molecule has 106 valence electrons. The highest BCUT2D eigenvalue weighted by Crippen LogP contribution is 2.23. The first-order valence-corrected chi connectivity index (χ1v) is 8.33. The molecule has 0 aromatic heterocycles. The van der Waals surface area contributed by atoms with Crippen LogP contribution in [0.3, 0.4) is 0 Å². The minimum atomic E-state index is -3.27. The van der Waals surface area contributed by atoms with Gasteiger partial charge in [0.25, 0.3) is 10.2 Å². The third kappa shape index (κ3) is 2.71. The first-order valence-electron chi connectivity index (χ1n) is 6.93.